The molecule has 0 saturated carbocycles. The Balaban J connectivity index is 1.61. The number of hydrogen-bond donors (Lipinski definition) is 0. The first-order valence-corrected chi connectivity index (χ1v) is 11.3. The summed E-state index contributed by atoms with van der Waals surface area (Å²) in [6, 6.07) is 9.52. The van der Waals surface area contributed by atoms with E-state index in [1.54, 1.807) is 16.7 Å². The van der Waals surface area contributed by atoms with Crippen LogP contribution in [-0.4, -0.2) is 59.7 Å². The molecule has 2 aromatic rings. The zero-order valence-corrected chi connectivity index (χ0v) is 18.6. The number of ether oxygens (including phenoxy) is 1. The molecule has 1 aromatic heterocycles. The predicted molar refractivity (Wildman–Crippen MR) is 116 cm³/mol. The highest BCUT2D eigenvalue weighted by Crippen LogP contribution is 2.27. The zero-order chi connectivity index (χ0) is 21.5. The van der Waals surface area contributed by atoms with Crippen molar-refractivity contribution in [3.05, 3.63) is 47.3 Å². The summed E-state index contributed by atoms with van der Waals surface area (Å²) in [6.45, 7) is 8.51. The highest BCUT2D eigenvalue weighted by molar-refractivity contribution is 7.98. The predicted octanol–water partition coefficient (Wildman–Crippen LogP) is 4.22. The van der Waals surface area contributed by atoms with Gasteiger partial charge < -0.3 is 19.1 Å². The summed E-state index contributed by atoms with van der Waals surface area (Å²) in [6.07, 6.45) is 0.436. The molecule has 1 aliphatic heterocycles. The van der Waals surface area contributed by atoms with E-state index >= 15 is 0 Å². The van der Waals surface area contributed by atoms with Gasteiger partial charge in [0.1, 0.15) is 5.76 Å². The van der Waals surface area contributed by atoms with Crippen LogP contribution in [0.5, 0.6) is 0 Å². The number of aryl methyl sites for hydroxylation is 1. The molecule has 2 heterocycles. The van der Waals surface area contributed by atoms with Crippen molar-refractivity contribution in [1.29, 1.82) is 0 Å². The third kappa shape index (κ3) is 6.01. The van der Waals surface area contributed by atoms with Crippen molar-refractivity contribution in [2.45, 2.75) is 37.8 Å². The number of nitrogens with zero attached hydrogens (tertiary/aromatic N) is 3. The fraction of sp³-hybridized carbons (Fsp3) is 0.500. The smallest absolute Gasteiger partial charge is 0.409 e. The van der Waals surface area contributed by atoms with Gasteiger partial charge in [0.25, 0.3) is 5.91 Å². The number of benzene rings is 1. The molecule has 1 aromatic carbocycles. The van der Waals surface area contributed by atoms with E-state index in [2.05, 4.69) is 5.16 Å². The highest BCUT2D eigenvalue weighted by atomic mass is 32.2. The fourth-order valence-electron chi connectivity index (χ4n) is 3.21. The average molecular weight is 432 g/mol. The van der Waals surface area contributed by atoms with Gasteiger partial charge in [-0.1, -0.05) is 31.1 Å². The standard InChI is InChI=1S/C22H29N3O4S/c1-16(2)14-28-22(27)25-10-6-9-24(11-12-25)21(26)19-7-4-5-8-20(19)30-15-18-13-17(3)23-29-18/h4-5,7-8,13,16H,6,9-12,14-15H2,1-3H3. The maximum absolute atomic E-state index is 13.2. The van der Waals surface area contributed by atoms with E-state index in [1.807, 2.05) is 56.0 Å². The summed E-state index contributed by atoms with van der Waals surface area (Å²) < 4.78 is 10.6. The van der Waals surface area contributed by atoms with Gasteiger partial charge in [-0.3, -0.25) is 4.79 Å². The lowest BCUT2D eigenvalue weighted by molar-refractivity contribution is 0.0743. The first kappa shape index (κ1) is 22.2. The number of hydrogen-bond acceptors (Lipinski definition) is 6. The number of amides is 2. The van der Waals surface area contributed by atoms with E-state index < -0.39 is 0 Å². The summed E-state index contributed by atoms with van der Waals surface area (Å²) in [7, 11) is 0. The van der Waals surface area contributed by atoms with Crippen LogP contribution in [-0.2, 0) is 10.5 Å². The summed E-state index contributed by atoms with van der Waals surface area (Å²) >= 11 is 1.56. The molecule has 0 radical (unpaired) electrons. The van der Waals surface area contributed by atoms with Crippen LogP contribution < -0.4 is 0 Å². The highest BCUT2D eigenvalue weighted by Gasteiger charge is 2.25. The molecule has 30 heavy (non-hydrogen) atoms. The van der Waals surface area contributed by atoms with E-state index in [0.29, 0.717) is 50.0 Å². The Kier molecular flexibility index (Phi) is 7.79. The molecule has 162 valence electrons. The van der Waals surface area contributed by atoms with Crippen LogP contribution in [0.3, 0.4) is 0 Å². The van der Waals surface area contributed by atoms with Gasteiger partial charge in [-0.2, -0.15) is 0 Å². The average Bonchev–Trinajstić information content (AvgIpc) is 3.00. The molecule has 0 aliphatic carbocycles. The molecule has 7 nitrogen and oxygen atoms in total. The van der Waals surface area contributed by atoms with Gasteiger partial charge in [0.15, 0.2) is 0 Å². The summed E-state index contributed by atoms with van der Waals surface area (Å²) in [5.41, 5.74) is 1.52. The minimum absolute atomic E-state index is 0.00996. The Bertz CT molecular complexity index is 868. The quantitative estimate of drug-likeness (QED) is 0.638. The zero-order valence-electron chi connectivity index (χ0n) is 17.8. The first-order valence-electron chi connectivity index (χ1n) is 10.3. The molecule has 0 spiro atoms. The van der Waals surface area contributed by atoms with Gasteiger partial charge in [0.2, 0.25) is 0 Å². The third-order valence-corrected chi connectivity index (χ3v) is 5.84. The van der Waals surface area contributed by atoms with Gasteiger partial charge in [0, 0.05) is 37.1 Å². The number of thioether (sulfide) groups is 1. The first-order chi connectivity index (χ1) is 14.4. The SMILES string of the molecule is Cc1cc(CSc2ccccc2C(=O)N2CCCN(C(=O)OCC(C)C)CC2)on1. The van der Waals surface area contributed by atoms with Crippen LogP contribution in [0.2, 0.25) is 0 Å². The second-order valence-corrected chi connectivity index (χ2v) is 8.84. The molecule has 0 unspecified atom stereocenters. The van der Waals surface area contributed by atoms with Gasteiger partial charge in [-0.15, -0.1) is 11.8 Å². The maximum atomic E-state index is 13.2. The Morgan fingerprint density at radius 3 is 2.63 bits per heavy atom. The van der Waals surface area contributed by atoms with E-state index in [0.717, 1.165) is 22.8 Å². The number of carbonyl (C=O) groups is 2. The van der Waals surface area contributed by atoms with Gasteiger partial charge in [-0.05, 0) is 31.4 Å². The molecule has 2 amide bonds. The largest absolute Gasteiger partial charge is 0.449 e. The summed E-state index contributed by atoms with van der Waals surface area (Å²) in [5, 5.41) is 3.91. The monoisotopic (exact) mass is 431 g/mol. The van der Waals surface area contributed by atoms with E-state index in [-0.39, 0.29) is 12.0 Å². The van der Waals surface area contributed by atoms with Crippen molar-refractivity contribution >= 4 is 23.8 Å². The van der Waals surface area contributed by atoms with E-state index in [1.165, 1.54) is 0 Å². The van der Waals surface area contributed by atoms with Crippen LogP contribution in [0.1, 0.15) is 42.1 Å². The van der Waals surface area contributed by atoms with Gasteiger partial charge >= 0.3 is 6.09 Å². The summed E-state index contributed by atoms with van der Waals surface area (Å²) in [5.74, 6) is 1.68. The van der Waals surface area contributed by atoms with Crippen LogP contribution >= 0.6 is 11.8 Å². The van der Waals surface area contributed by atoms with Gasteiger partial charge in [-0.25, -0.2) is 4.79 Å². The maximum Gasteiger partial charge on any atom is 0.409 e. The van der Waals surface area contributed by atoms with Crippen LogP contribution in [0.4, 0.5) is 4.79 Å². The molecule has 1 fully saturated rings. The summed E-state index contributed by atoms with van der Waals surface area (Å²) in [4.78, 5) is 29.9. The molecule has 8 heteroatoms. The minimum Gasteiger partial charge on any atom is -0.449 e. The Morgan fingerprint density at radius 1 is 1.17 bits per heavy atom. The fourth-order valence-corrected chi connectivity index (χ4v) is 4.12. The second kappa shape index (κ2) is 10.5. The van der Waals surface area contributed by atoms with Crippen molar-refractivity contribution in [1.82, 2.24) is 15.0 Å². The van der Waals surface area contributed by atoms with Crippen molar-refractivity contribution in [2.75, 3.05) is 32.8 Å². The van der Waals surface area contributed by atoms with E-state index in [4.69, 9.17) is 9.26 Å². The van der Waals surface area contributed by atoms with Crippen LogP contribution in [0.15, 0.2) is 39.8 Å². The molecular formula is C22H29N3O4S. The molecular weight excluding hydrogens is 402 g/mol. The van der Waals surface area contributed by atoms with Crippen molar-refractivity contribution < 1.29 is 18.8 Å². The van der Waals surface area contributed by atoms with Crippen molar-refractivity contribution in [3.8, 4) is 0 Å². The number of rotatable bonds is 6. The van der Waals surface area contributed by atoms with Crippen molar-refractivity contribution in [2.24, 2.45) is 5.92 Å². The van der Waals surface area contributed by atoms with Crippen LogP contribution in [0.25, 0.3) is 0 Å². The molecule has 3 rings (SSSR count). The Hall–Kier alpha value is -2.48. The lowest BCUT2D eigenvalue weighted by Gasteiger charge is -2.23. The molecule has 1 aliphatic rings. The van der Waals surface area contributed by atoms with Crippen molar-refractivity contribution in [3.63, 3.8) is 0 Å². The third-order valence-electron chi connectivity index (χ3n) is 4.75. The topological polar surface area (TPSA) is 75.9 Å². The minimum atomic E-state index is -0.295. The molecule has 0 N–H and O–H groups in total. The van der Waals surface area contributed by atoms with E-state index in [9.17, 15) is 9.59 Å². The normalized spacial score (nSPS) is 14.7. The lowest BCUT2D eigenvalue weighted by atomic mass is 10.2. The number of carbonyl (C=O) groups excluding carboxylic acids is 2. The Labute approximate surface area is 181 Å². The molecule has 0 bridgehead atoms. The Morgan fingerprint density at radius 2 is 1.90 bits per heavy atom. The second-order valence-electron chi connectivity index (χ2n) is 7.82. The lowest BCUT2D eigenvalue weighted by Crippen LogP contribution is -2.38. The molecule has 1 saturated heterocycles. The van der Waals surface area contributed by atoms with Crippen LogP contribution in [0, 0.1) is 12.8 Å². The van der Waals surface area contributed by atoms with Gasteiger partial charge in [0.05, 0.1) is 23.6 Å². The number of aromatic nitrogens is 1. The molecule has 0 atom stereocenters.